The van der Waals surface area contributed by atoms with E-state index in [-0.39, 0.29) is 29.8 Å². The number of phenolic OH excluding ortho intramolecular Hbond substituents is 1. The molecule has 0 saturated carbocycles. The van der Waals surface area contributed by atoms with E-state index in [1.807, 2.05) is 24.1 Å². The molecule has 2 aliphatic heterocycles. The summed E-state index contributed by atoms with van der Waals surface area (Å²) in [6.45, 7) is 0. The molecule has 0 spiro atoms. The summed E-state index contributed by atoms with van der Waals surface area (Å²) in [5.74, 6) is -2.03. The zero-order valence-electron chi connectivity index (χ0n) is 18.4. The molecule has 2 saturated heterocycles. The maximum Gasteiger partial charge on any atom is 0.264 e. The van der Waals surface area contributed by atoms with E-state index >= 15 is 0 Å². The van der Waals surface area contributed by atoms with E-state index in [1.165, 1.54) is 10.6 Å². The monoisotopic (exact) mass is 453 g/mol. The number of phenols is 1. The molecule has 1 aromatic carbocycles. The van der Waals surface area contributed by atoms with Crippen molar-refractivity contribution >= 4 is 5.82 Å². The van der Waals surface area contributed by atoms with Gasteiger partial charge in [0.05, 0.1) is 11.7 Å². The Hall–Kier alpha value is -3.33. The van der Waals surface area contributed by atoms with Gasteiger partial charge >= 0.3 is 0 Å². The second kappa shape index (κ2) is 7.91. The molecule has 4 heterocycles. The zero-order chi connectivity index (χ0) is 23.3. The van der Waals surface area contributed by atoms with Crippen LogP contribution in [0.15, 0.2) is 53.5 Å². The Bertz CT molecular complexity index is 1240. The van der Waals surface area contributed by atoms with E-state index in [0.29, 0.717) is 35.5 Å². The van der Waals surface area contributed by atoms with Crippen molar-refractivity contribution in [2.24, 2.45) is 7.05 Å². The lowest BCUT2D eigenvalue weighted by Crippen LogP contribution is -2.49. The fraction of sp³-hybridized carbons (Fsp3) is 0.375. The SMILES string of the molecule is CN(c1ccc(-c2ccc(-c3ccn(C)c(=O)c3)cc2O)nn1)[C@@H]1C[C@@H]2CC(F)(F)[C@H](C1)N2. The highest BCUT2D eigenvalue weighted by atomic mass is 19.3. The van der Waals surface area contributed by atoms with Gasteiger partial charge in [0.2, 0.25) is 0 Å². The van der Waals surface area contributed by atoms with E-state index < -0.39 is 12.0 Å². The highest BCUT2D eigenvalue weighted by Crippen LogP contribution is 2.41. The zero-order valence-corrected chi connectivity index (χ0v) is 18.4. The molecule has 2 fully saturated rings. The Labute approximate surface area is 189 Å². The molecule has 2 bridgehead atoms. The van der Waals surface area contributed by atoms with Crippen LogP contribution in [0, 0.1) is 0 Å². The van der Waals surface area contributed by atoms with Crippen molar-refractivity contribution in [3.05, 3.63) is 59.0 Å². The van der Waals surface area contributed by atoms with Crippen molar-refractivity contribution in [3.8, 4) is 28.1 Å². The quantitative estimate of drug-likeness (QED) is 0.632. The van der Waals surface area contributed by atoms with Crippen LogP contribution in [0.3, 0.4) is 0 Å². The van der Waals surface area contributed by atoms with Gasteiger partial charge in [-0.25, -0.2) is 8.78 Å². The molecule has 3 atom stereocenters. The Kier molecular flexibility index (Phi) is 5.16. The molecule has 3 aromatic rings. The Balaban J connectivity index is 1.34. The van der Waals surface area contributed by atoms with E-state index in [2.05, 4.69) is 15.5 Å². The fourth-order valence-electron chi connectivity index (χ4n) is 4.84. The van der Waals surface area contributed by atoms with Gasteiger partial charge in [0, 0.05) is 50.4 Å². The lowest BCUT2D eigenvalue weighted by molar-refractivity contribution is -0.0128. The number of nitrogens with zero attached hydrogens (tertiary/aromatic N) is 4. The first kappa shape index (κ1) is 21.5. The molecule has 2 aliphatic rings. The number of piperidine rings is 1. The number of benzene rings is 1. The number of halogens is 2. The van der Waals surface area contributed by atoms with Crippen LogP contribution >= 0.6 is 0 Å². The number of rotatable bonds is 4. The molecular formula is C24H25F2N5O2. The largest absolute Gasteiger partial charge is 0.507 e. The number of pyridine rings is 1. The molecule has 5 rings (SSSR count). The van der Waals surface area contributed by atoms with Gasteiger partial charge in [-0.1, -0.05) is 6.07 Å². The maximum atomic E-state index is 14.0. The minimum Gasteiger partial charge on any atom is -0.507 e. The predicted molar refractivity (Wildman–Crippen MR) is 122 cm³/mol. The molecule has 2 N–H and O–H groups in total. The van der Waals surface area contributed by atoms with Crippen LogP contribution in [0.1, 0.15) is 19.3 Å². The van der Waals surface area contributed by atoms with Crippen LogP contribution in [0.25, 0.3) is 22.4 Å². The number of hydrogen-bond donors (Lipinski definition) is 2. The minimum absolute atomic E-state index is 0.0285. The highest BCUT2D eigenvalue weighted by molar-refractivity contribution is 5.74. The first-order valence-electron chi connectivity index (χ1n) is 10.9. The topological polar surface area (TPSA) is 83.3 Å². The molecule has 33 heavy (non-hydrogen) atoms. The minimum atomic E-state index is -2.66. The molecule has 0 amide bonds. The van der Waals surface area contributed by atoms with E-state index in [4.69, 9.17) is 0 Å². The van der Waals surface area contributed by atoms with Gasteiger partial charge in [-0.2, -0.15) is 0 Å². The first-order chi connectivity index (χ1) is 15.7. The summed E-state index contributed by atoms with van der Waals surface area (Å²) in [7, 11) is 3.53. The third kappa shape index (κ3) is 3.97. The summed E-state index contributed by atoms with van der Waals surface area (Å²) >= 11 is 0. The molecule has 7 nitrogen and oxygen atoms in total. The number of aryl methyl sites for hydroxylation is 1. The number of hydrogen-bond acceptors (Lipinski definition) is 6. The third-order valence-corrected chi connectivity index (χ3v) is 6.80. The highest BCUT2D eigenvalue weighted by Gasteiger charge is 2.53. The third-order valence-electron chi connectivity index (χ3n) is 6.80. The molecule has 172 valence electrons. The van der Waals surface area contributed by atoms with Crippen molar-refractivity contribution in [1.29, 1.82) is 0 Å². The van der Waals surface area contributed by atoms with Crippen molar-refractivity contribution in [2.75, 3.05) is 11.9 Å². The average Bonchev–Trinajstić information content (AvgIpc) is 3.01. The fourth-order valence-corrected chi connectivity index (χ4v) is 4.84. The van der Waals surface area contributed by atoms with Gasteiger partial charge in [-0.3, -0.25) is 4.79 Å². The van der Waals surface area contributed by atoms with Crippen molar-refractivity contribution in [3.63, 3.8) is 0 Å². The summed E-state index contributed by atoms with van der Waals surface area (Å²) in [6.07, 6.45) is 2.56. The lowest BCUT2D eigenvalue weighted by atomic mass is 9.98. The number of alkyl halides is 2. The Morgan fingerprint density at radius 1 is 1.12 bits per heavy atom. The van der Waals surface area contributed by atoms with Crippen LogP contribution in [0.2, 0.25) is 0 Å². The lowest BCUT2D eigenvalue weighted by Gasteiger charge is -2.36. The van der Waals surface area contributed by atoms with E-state index in [1.54, 1.807) is 37.5 Å². The summed E-state index contributed by atoms with van der Waals surface area (Å²) in [5.41, 5.74) is 2.31. The van der Waals surface area contributed by atoms with E-state index in [9.17, 15) is 18.7 Å². The maximum absolute atomic E-state index is 14.0. The number of anilines is 1. The summed E-state index contributed by atoms with van der Waals surface area (Å²) < 4.78 is 29.6. The smallest absolute Gasteiger partial charge is 0.264 e. The van der Waals surface area contributed by atoms with Crippen LogP contribution in [-0.4, -0.2) is 51.0 Å². The molecule has 0 aliphatic carbocycles. The second-order valence-electron chi connectivity index (χ2n) is 8.99. The molecule has 0 radical (unpaired) electrons. The van der Waals surface area contributed by atoms with Crippen LogP contribution < -0.4 is 15.8 Å². The molecule has 2 aromatic heterocycles. The van der Waals surface area contributed by atoms with Gasteiger partial charge in [0.25, 0.3) is 11.5 Å². The first-order valence-corrected chi connectivity index (χ1v) is 10.9. The number of fused-ring (bicyclic) bond motifs is 2. The van der Waals surface area contributed by atoms with Gasteiger partial charge in [-0.05, 0) is 54.3 Å². The van der Waals surface area contributed by atoms with Gasteiger partial charge in [0.1, 0.15) is 5.75 Å². The standard InChI is InChI=1S/C24H25F2N5O2/c1-30-8-7-15(10-23(30)33)14-3-4-18(20(32)9-14)19-5-6-22(29-28-19)31(2)17-11-16-13-24(25,26)21(12-17)27-16/h3-10,16-17,21,27,32H,11-13H2,1-2H3/t16-,17-,21+/m1/s1. The number of aromatic hydroxyl groups is 1. The van der Waals surface area contributed by atoms with Crippen molar-refractivity contribution in [2.45, 2.75) is 43.3 Å². The summed E-state index contributed by atoms with van der Waals surface area (Å²) in [6, 6.07) is 11.0. The predicted octanol–water partition coefficient (Wildman–Crippen LogP) is 3.18. The van der Waals surface area contributed by atoms with Gasteiger partial charge in [-0.15, -0.1) is 10.2 Å². The average molecular weight is 453 g/mol. The van der Waals surface area contributed by atoms with Crippen molar-refractivity contribution < 1.29 is 13.9 Å². The van der Waals surface area contributed by atoms with E-state index in [0.717, 1.165) is 5.56 Å². The molecule has 0 unspecified atom stereocenters. The number of aromatic nitrogens is 3. The van der Waals surface area contributed by atoms with Crippen molar-refractivity contribution in [1.82, 2.24) is 20.1 Å². The summed E-state index contributed by atoms with van der Waals surface area (Å²) in [4.78, 5) is 13.8. The van der Waals surface area contributed by atoms with Gasteiger partial charge in [0.15, 0.2) is 5.82 Å². The Morgan fingerprint density at radius 3 is 2.58 bits per heavy atom. The normalized spacial score (nSPS) is 23.5. The second-order valence-corrected chi connectivity index (χ2v) is 8.99. The van der Waals surface area contributed by atoms with Crippen LogP contribution in [0.4, 0.5) is 14.6 Å². The van der Waals surface area contributed by atoms with Crippen LogP contribution in [-0.2, 0) is 7.05 Å². The van der Waals surface area contributed by atoms with Crippen LogP contribution in [0.5, 0.6) is 5.75 Å². The Morgan fingerprint density at radius 2 is 1.91 bits per heavy atom. The summed E-state index contributed by atoms with van der Waals surface area (Å²) in [5, 5.41) is 22.2. The molecular weight excluding hydrogens is 428 g/mol. The molecule has 9 heteroatoms. The number of nitrogens with one attached hydrogen (secondary N) is 1. The van der Waals surface area contributed by atoms with Gasteiger partial charge < -0.3 is 19.9 Å².